The summed E-state index contributed by atoms with van der Waals surface area (Å²) in [5.74, 6) is -0.376. The van der Waals surface area contributed by atoms with E-state index < -0.39 is 61.4 Å². The molecular weight excluding hydrogens is 504 g/mol. The molecule has 2 aromatic rings. The molecule has 12 nitrogen and oxygen atoms in total. The molecule has 0 saturated carbocycles. The lowest BCUT2D eigenvalue weighted by Crippen LogP contribution is -2.60. The van der Waals surface area contributed by atoms with Gasteiger partial charge in [-0.15, -0.1) is 0 Å². The molecular formula is C26H34O12. The number of aromatic hydroxyl groups is 1. The van der Waals surface area contributed by atoms with Gasteiger partial charge in [0.15, 0.2) is 23.0 Å². The van der Waals surface area contributed by atoms with Gasteiger partial charge in [0.2, 0.25) is 6.29 Å². The zero-order valence-corrected chi connectivity index (χ0v) is 21.0. The normalized spacial score (nSPS) is 32.1. The number of aliphatic hydroxyl groups is 6. The van der Waals surface area contributed by atoms with Crippen LogP contribution in [-0.2, 0) is 9.47 Å². The van der Waals surface area contributed by atoms with E-state index in [1.165, 1.54) is 26.4 Å². The number of aliphatic hydroxyl groups excluding tert-OH is 6. The van der Waals surface area contributed by atoms with E-state index in [4.69, 9.17) is 23.7 Å². The Morgan fingerprint density at radius 3 is 2.29 bits per heavy atom. The van der Waals surface area contributed by atoms with E-state index in [0.717, 1.165) is 0 Å². The Bertz CT molecular complexity index is 1080. The quantitative estimate of drug-likeness (QED) is 0.220. The van der Waals surface area contributed by atoms with Gasteiger partial charge in [-0.3, -0.25) is 0 Å². The number of phenolic OH excluding ortho intramolecular Hbond substituents is 1. The van der Waals surface area contributed by atoms with Gasteiger partial charge in [0.25, 0.3) is 0 Å². The van der Waals surface area contributed by atoms with E-state index in [1.54, 1.807) is 24.3 Å². The van der Waals surface area contributed by atoms with Crippen molar-refractivity contribution >= 4 is 0 Å². The molecule has 2 aliphatic heterocycles. The molecule has 38 heavy (non-hydrogen) atoms. The first kappa shape index (κ1) is 28.3. The Morgan fingerprint density at radius 1 is 0.895 bits per heavy atom. The van der Waals surface area contributed by atoms with Crippen LogP contribution in [0.5, 0.6) is 23.0 Å². The number of hydrogen-bond acceptors (Lipinski definition) is 12. The molecule has 12 heteroatoms. The lowest BCUT2D eigenvalue weighted by atomic mass is 9.82. The highest BCUT2D eigenvalue weighted by Crippen LogP contribution is 2.46. The summed E-state index contributed by atoms with van der Waals surface area (Å²) in [6.07, 6.45) is -8.80. The van der Waals surface area contributed by atoms with Crippen molar-refractivity contribution < 1.29 is 59.4 Å². The van der Waals surface area contributed by atoms with Crippen LogP contribution in [0.4, 0.5) is 0 Å². The van der Waals surface area contributed by atoms with Crippen molar-refractivity contribution in [3.8, 4) is 23.0 Å². The Kier molecular flexibility index (Phi) is 8.96. The number of methoxy groups -OCH3 is 2. The van der Waals surface area contributed by atoms with Crippen molar-refractivity contribution in [1.82, 2.24) is 0 Å². The summed E-state index contributed by atoms with van der Waals surface area (Å²) in [7, 11) is 2.82. The molecule has 2 fully saturated rings. The molecule has 2 aromatic carbocycles. The van der Waals surface area contributed by atoms with Crippen LogP contribution in [0.3, 0.4) is 0 Å². The van der Waals surface area contributed by atoms with E-state index in [-0.39, 0.29) is 36.2 Å². The maximum absolute atomic E-state index is 11.1. The number of ether oxygens (including phenoxy) is 5. The van der Waals surface area contributed by atoms with Crippen molar-refractivity contribution in [2.24, 2.45) is 11.8 Å². The fourth-order valence-corrected chi connectivity index (χ4v) is 4.96. The summed E-state index contributed by atoms with van der Waals surface area (Å²) in [4.78, 5) is 0. The summed E-state index contributed by atoms with van der Waals surface area (Å²) in [5, 5.41) is 70.8. The van der Waals surface area contributed by atoms with Gasteiger partial charge in [-0.1, -0.05) is 12.1 Å². The van der Waals surface area contributed by atoms with Crippen LogP contribution in [0.2, 0.25) is 0 Å². The van der Waals surface area contributed by atoms with Crippen LogP contribution in [-0.4, -0.2) is 100 Å². The average Bonchev–Trinajstić information content (AvgIpc) is 3.37. The van der Waals surface area contributed by atoms with Crippen molar-refractivity contribution in [3.05, 3.63) is 47.5 Å². The summed E-state index contributed by atoms with van der Waals surface area (Å²) in [6.45, 7) is -0.703. The molecule has 2 aliphatic rings. The first-order valence-corrected chi connectivity index (χ1v) is 12.2. The molecule has 0 aromatic heterocycles. The van der Waals surface area contributed by atoms with E-state index in [9.17, 15) is 35.7 Å². The third-order valence-electron chi connectivity index (χ3n) is 7.18. The summed E-state index contributed by atoms with van der Waals surface area (Å²) in [5.41, 5.74) is 1.15. The second-order valence-corrected chi connectivity index (χ2v) is 9.37. The van der Waals surface area contributed by atoms with Gasteiger partial charge in [0, 0.05) is 18.4 Å². The molecule has 0 amide bonds. The largest absolute Gasteiger partial charge is 0.504 e. The molecule has 4 rings (SSSR count). The second-order valence-electron chi connectivity index (χ2n) is 9.37. The summed E-state index contributed by atoms with van der Waals surface area (Å²) in [6, 6.07) is 9.40. The zero-order valence-electron chi connectivity index (χ0n) is 21.0. The number of hydrogen-bond donors (Lipinski definition) is 7. The van der Waals surface area contributed by atoms with Crippen LogP contribution < -0.4 is 14.2 Å². The van der Waals surface area contributed by atoms with E-state index >= 15 is 0 Å². The highest BCUT2D eigenvalue weighted by molar-refractivity contribution is 5.45. The molecule has 0 spiro atoms. The monoisotopic (exact) mass is 538 g/mol. The van der Waals surface area contributed by atoms with E-state index in [1.807, 2.05) is 0 Å². The standard InChI is InChI=1S/C26H34O12/c1-34-18-7-12(3-5-16(18)29)21(30)15-11-36-25(14(15)9-27)13-4-6-17(19(8-13)35-2)37-26-24(33)23(32)22(31)20(10-28)38-26/h3-8,14-15,20-33H,9-11H2,1-2H3/t14?,15?,20-,21?,22-,23+,24-,25?,26-/m1/s1. The van der Waals surface area contributed by atoms with Crippen molar-refractivity contribution in [2.45, 2.75) is 42.9 Å². The Morgan fingerprint density at radius 2 is 1.63 bits per heavy atom. The predicted octanol–water partition coefficient (Wildman–Crippen LogP) is -0.382. The Balaban J connectivity index is 1.52. The Labute approximate surface area is 219 Å². The minimum Gasteiger partial charge on any atom is -0.504 e. The van der Waals surface area contributed by atoms with Crippen LogP contribution >= 0.6 is 0 Å². The van der Waals surface area contributed by atoms with Gasteiger partial charge in [0.1, 0.15) is 24.4 Å². The maximum Gasteiger partial charge on any atom is 0.229 e. The van der Waals surface area contributed by atoms with Gasteiger partial charge in [0.05, 0.1) is 39.6 Å². The smallest absolute Gasteiger partial charge is 0.229 e. The number of benzene rings is 2. The molecule has 0 aliphatic carbocycles. The molecule has 2 heterocycles. The summed E-state index contributed by atoms with van der Waals surface area (Å²) >= 11 is 0. The van der Waals surface area contributed by atoms with Crippen molar-refractivity contribution in [2.75, 3.05) is 34.0 Å². The van der Waals surface area contributed by atoms with E-state index in [2.05, 4.69) is 0 Å². The molecule has 0 bridgehead atoms. The third-order valence-corrected chi connectivity index (χ3v) is 7.18. The van der Waals surface area contributed by atoms with Crippen molar-refractivity contribution in [1.29, 1.82) is 0 Å². The van der Waals surface area contributed by atoms with Crippen LogP contribution in [0.15, 0.2) is 36.4 Å². The highest BCUT2D eigenvalue weighted by Gasteiger charge is 2.45. The topological polar surface area (TPSA) is 188 Å². The first-order valence-electron chi connectivity index (χ1n) is 12.2. The highest BCUT2D eigenvalue weighted by atomic mass is 16.7. The second kappa shape index (κ2) is 12.0. The molecule has 7 N–H and O–H groups in total. The lowest BCUT2D eigenvalue weighted by Gasteiger charge is -2.39. The van der Waals surface area contributed by atoms with Crippen molar-refractivity contribution in [3.63, 3.8) is 0 Å². The van der Waals surface area contributed by atoms with Crippen LogP contribution in [0, 0.1) is 11.8 Å². The van der Waals surface area contributed by atoms with Crippen LogP contribution in [0.1, 0.15) is 23.3 Å². The van der Waals surface area contributed by atoms with E-state index in [0.29, 0.717) is 11.1 Å². The zero-order chi connectivity index (χ0) is 27.6. The number of phenols is 1. The minimum absolute atomic E-state index is 0.0548. The van der Waals surface area contributed by atoms with Crippen LogP contribution in [0.25, 0.3) is 0 Å². The first-order chi connectivity index (χ1) is 18.2. The minimum atomic E-state index is -1.59. The molecule has 4 unspecified atom stereocenters. The fourth-order valence-electron chi connectivity index (χ4n) is 4.96. The molecule has 0 radical (unpaired) electrons. The maximum atomic E-state index is 11.1. The predicted molar refractivity (Wildman–Crippen MR) is 130 cm³/mol. The third kappa shape index (κ3) is 5.40. The van der Waals surface area contributed by atoms with Gasteiger partial charge < -0.3 is 59.4 Å². The molecule has 9 atom stereocenters. The fraction of sp³-hybridized carbons (Fsp3) is 0.538. The number of rotatable bonds is 9. The van der Waals surface area contributed by atoms with Gasteiger partial charge in [-0.05, 0) is 35.4 Å². The van der Waals surface area contributed by atoms with Gasteiger partial charge in [-0.2, -0.15) is 0 Å². The molecule has 2 saturated heterocycles. The SMILES string of the molecule is COc1cc(C(O)C2COC(c3ccc(O[C@@H]4O[C@H](CO)[C@@H](O)[C@H](O)[C@H]4O)c(OC)c3)C2CO)ccc1O. The lowest BCUT2D eigenvalue weighted by molar-refractivity contribution is -0.277. The van der Waals surface area contributed by atoms with Gasteiger partial charge in [-0.25, -0.2) is 0 Å². The molecule has 210 valence electrons. The Hall–Kier alpha value is -2.68. The van der Waals surface area contributed by atoms with Gasteiger partial charge >= 0.3 is 0 Å². The average molecular weight is 539 g/mol. The summed E-state index contributed by atoms with van der Waals surface area (Å²) < 4.78 is 27.7.